The predicted octanol–water partition coefficient (Wildman–Crippen LogP) is 3.91. The van der Waals surface area contributed by atoms with Gasteiger partial charge in [0.2, 0.25) is 5.91 Å². The van der Waals surface area contributed by atoms with E-state index in [-0.39, 0.29) is 12.5 Å². The molecule has 26 heavy (non-hydrogen) atoms. The van der Waals surface area contributed by atoms with Crippen molar-refractivity contribution in [2.75, 3.05) is 11.9 Å². The number of amides is 1. The Morgan fingerprint density at radius 3 is 2.88 bits per heavy atom. The van der Waals surface area contributed by atoms with Gasteiger partial charge >= 0.3 is 0 Å². The highest BCUT2D eigenvalue weighted by Crippen LogP contribution is 2.40. The molecule has 1 amide bonds. The van der Waals surface area contributed by atoms with Gasteiger partial charge in [-0.3, -0.25) is 4.79 Å². The predicted molar refractivity (Wildman–Crippen MR) is 102 cm³/mol. The third-order valence-corrected chi connectivity index (χ3v) is 4.73. The topological polar surface area (TPSA) is 56.1 Å². The number of imidazole rings is 1. The van der Waals surface area contributed by atoms with Crippen molar-refractivity contribution in [3.63, 3.8) is 0 Å². The highest BCUT2D eigenvalue weighted by atomic mass is 16.5. The van der Waals surface area contributed by atoms with Gasteiger partial charge in [-0.05, 0) is 43.5 Å². The minimum Gasteiger partial charge on any atom is -0.367 e. The van der Waals surface area contributed by atoms with Gasteiger partial charge in [-0.2, -0.15) is 0 Å². The second kappa shape index (κ2) is 6.92. The Bertz CT molecular complexity index is 957. The zero-order valence-corrected chi connectivity index (χ0v) is 15.2. The molecule has 134 valence electrons. The van der Waals surface area contributed by atoms with Crippen LogP contribution in [0.25, 0.3) is 11.0 Å². The molecule has 4 rings (SSSR count). The molecule has 0 unspecified atom stereocenters. The number of hydrogen-bond donors (Lipinski definition) is 1. The van der Waals surface area contributed by atoms with Crippen LogP contribution in [0, 0.1) is 6.92 Å². The summed E-state index contributed by atoms with van der Waals surface area (Å²) >= 11 is 0. The molecule has 0 spiro atoms. The van der Waals surface area contributed by atoms with Crippen molar-refractivity contribution in [3.05, 3.63) is 59.4 Å². The number of rotatable bonds is 6. The molecule has 0 aliphatic heterocycles. The van der Waals surface area contributed by atoms with Gasteiger partial charge in [0.1, 0.15) is 12.4 Å². The molecule has 0 radical (unpaired) electrons. The number of nitrogens with zero attached hydrogens (tertiary/aromatic N) is 2. The second-order valence-corrected chi connectivity index (χ2v) is 7.04. The van der Waals surface area contributed by atoms with Gasteiger partial charge in [0.25, 0.3) is 0 Å². The maximum Gasteiger partial charge on any atom is 0.250 e. The fourth-order valence-electron chi connectivity index (χ4n) is 3.26. The van der Waals surface area contributed by atoms with Crippen LogP contribution in [0.3, 0.4) is 0 Å². The lowest BCUT2D eigenvalue weighted by Crippen LogP contribution is -2.18. The minimum atomic E-state index is -0.157. The molecule has 1 N–H and O–H groups in total. The zero-order chi connectivity index (χ0) is 18.1. The monoisotopic (exact) mass is 349 g/mol. The van der Waals surface area contributed by atoms with Crippen LogP contribution >= 0.6 is 0 Å². The summed E-state index contributed by atoms with van der Waals surface area (Å²) in [5.41, 5.74) is 5.03. The molecule has 1 aliphatic rings. The number of fused-ring (bicyclic) bond motifs is 1. The van der Waals surface area contributed by atoms with E-state index in [2.05, 4.69) is 23.0 Å². The summed E-state index contributed by atoms with van der Waals surface area (Å²) in [6.07, 6.45) is 2.44. The Balaban J connectivity index is 1.36. The van der Waals surface area contributed by atoms with E-state index >= 15 is 0 Å². The van der Waals surface area contributed by atoms with Crippen LogP contribution < -0.4 is 5.32 Å². The fourth-order valence-corrected chi connectivity index (χ4v) is 3.26. The number of ether oxygens (including phenoxy) is 1. The average Bonchev–Trinajstić information content (AvgIpc) is 3.40. The van der Waals surface area contributed by atoms with Crippen LogP contribution in [0.15, 0.2) is 42.5 Å². The van der Waals surface area contributed by atoms with Crippen molar-refractivity contribution in [3.8, 4) is 0 Å². The smallest absolute Gasteiger partial charge is 0.250 e. The lowest BCUT2D eigenvalue weighted by atomic mass is 10.1. The molecule has 1 fully saturated rings. The van der Waals surface area contributed by atoms with Crippen molar-refractivity contribution < 1.29 is 9.53 Å². The molecule has 3 aromatic rings. The van der Waals surface area contributed by atoms with Crippen LogP contribution in [-0.4, -0.2) is 22.1 Å². The Hall–Kier alpha value is -2.66. The number of nitrogens with one attached hydrogen (secondary N) is 1. The van der Waals surface area contributed by atoms with Crippen molar-refractivity contribution in [2.45, 2.75) is 32.3 Å². The first-order valence-electron chi connectivity index (χ1n) is 8.99. The summed E-state index contributed by atoms with van der Waals surface area (Å²) in [5, 5.41) is 2.89. The first-order chi connectivity index (χ1) is 12.6. The Kier molecular flexibility index (Phi) is 4.47. The van der Waals surface area contributed by atoms with Gasteiger partial charge in [0, 0.05) is 18.7 Å². The molecule has 0 bridgehead atoms. The molecular weight excluding hydrogens is 326 g/mol. The third kappa shape index (κ3) is 3.63. The van der Waals surface area contributed by atoms with E-state index in [4.69, 9.17) is 9.72 Å². The lowest BCUT2D eigenvalue weighted by Gasteiger charge is -2.07. The van der Waals surface area contributed by atoms with Gasteiger partial charge in [0.05, 0.1) is 17.6 Å². The highest BCUT2D eigenvalue weighted by Gasteiger charge is 2.28. The molecule has 5 nitrogen and oxygen atoms in total. The summed E-state index contributed by atoms with van der Waals surface area (Å²) in [7, 11) is 2.06. The minimum absolute atomic E-state index is 0.0293. The Morgan fingerprint density at radius 2 is 2.12 bits per heavy atom. The summed E-state index contributed by atoms with van der Waals surface area (Å²) in [6, 6.07) is 13.9. The van der Waals surface area contributed by atoms with Crippen LogP contribution in [0.4, 0.5) is 5.69 Å². The van der Waals surface area contributed by atoms with Crippen molar-refractivity contribution >= 4 is 22.6 Å². The highest BCUT2D eigenvalue weighted by molar-refractivity contribution is 5.93. The normalized spacial score (nSPS) is 13.9. The second-order valence-electron chi connectivity index (χ2n) is 7.04. The number of carbonyl (C=O) groups is 1. The van der Waals surface area contributed by atoms with E-state index in [0.717, 1.165) is 28.1 Å². The summed E-state index contributed by atoms with van der Waals surface area (Å²) in [4.78, 5) is 16.9. The van der Waals surface area contributed by atoms with E-state index in [1.165, 1.54) is 18.4 Å². The molecule has 2 aromatic carbocycles. The van der Waals surface area contributed by atoms with Crippen LogP contribution in [0.1, 0.15) is 35.7 Å². The number of benzene rings is 2. The van der Waals surface area contributed by atoms with Gasteiger partial charge < -0.3 is 14.6 Å². The molecule has 1 aliphatic carbocycles. The number of hydrogen-bond acceptors (Lipinski definition) is 3. The van der Waals surface area contributed by atoms with E-state index in [0.29, 0.717) is 12.5 Å². The van der Waals surface area contributed by atoms with Crippen molar-refractivity contribution in [1.82, 2.24) is 9.55 Å². The number of aromatic nitrogens is 2. The first-order valence-corrected chi connectivity index (χ1v) is 8.99. The first kappa shape index (κ1) is 16.8. The number of carbonyl (C=O) groups excluding carboxylic acids is 1. The van der Waals surface area contributed by atoms with Gasteiger partial charge in [0.15, 0.2) is 0 Å². The van der Waals surface area contributed by atoms with E-state index < -0.39 is 0 Å². The van der Waals surface area contributed by atoms with Gasteiger partial charge in [-0.15, -0.1) is 0 Å². The van der Waals surface area contributed by atoms with Crippen molar-refractivity contribution in [2.24, 2.45) is 7.05 Å². The maximum atomic E-state index is 12.1. The SMILES string of the molecule is Cc1cccc(COCC(=O)Nc2ccc3c(c2)nc(C2CC2)n3C)c1. The number of anilines is 1. The summed E-state index contributed by atoms with van der Waals surface area (Å²) in [6.45, 7) is 2.50. The third-order valence-electron chi connectivity index (χ3n) is 4.73. The quantitative estimate of drug-likeness (QED) is 0.734. The Labute approximate surface area is 153 Å². The van der Waals surface area contributed by atoms with Crippen molar-refractivity contribution in [1.29, 1.82) is 0 Å². The van der Waals surface area contributed by atoms with E-state index in [1.807, 2.05) is 43.3 Å². The average molecular weight is 349 g/mol. The molecule has 0 atom stereocenters. The van der Waals surface area contributed by atoms with Crippen LogP contribution in [0.5, 0.6) is 0 Å². The molecule has 0 saturated heterocycles. The molecule has 1 saturated carbocycles. The summed E-state index contributed by atoms with van der Waals surface area (Å²) in [5.74, 6) is 1.58. The van der Waals surface area contributed by atoms with Gasteiger partial charge in [-0.25, -0.2) is 4.98 Å². The summed E-state index contributed by atoms with van der Waals surface area (Å²) < 4.78 is 7.68. The zero-order valence-electron chi connectivity index (χ0n) is 15.2. The molecule has 1 heterocycles. The van der Waals surface area contributed by atoms with E-state index in [1.54, 1.807) is 0 Å². The van der Waals surface area contributed by atoms with Crippen LogP contribution in [0.2, 0.25) is 0 Å². The maximum absolute atomic E-state index is 12.1. The Morgan fingerprint density at radius 1 is 1.27 bits per heavy atom. The molecular formula is C21H23N3O2. The molecule has 1 aromatic heterocycles. The standard InChI is InChI=1S/C21H23N3O2/c1-14-4-3-5-15(10-14)12-26-13-20(25)22-17-8-9-19-18(11-17)23-21(24(19)2)16-6-7-16/h3-5,8-11,16H,6-7,12-13H2,1-2H3,(H,22,25). The molecule has 5 heteroatoms. The fraction of sp³-hybridized carbons (Fsp3) is 0.333. The van der Waals surface area contributed by atoms with Crippen LogP contribution in [-0.2, 0) is 23.2 Å². The largest absolute Gasteiger partial charge is 0.367 e. The number of aryl methyl sites for hydroxylation is 2. The van der Waals surface area contributed by atoms with Gasteiger partial charge in [-0.1, -0.05) is 29.8 Å². The van der Waals surface area contributed by atoms with E-state index in [9.17, 15) is 4.79 Å². The lowest BCUT2D eigenvalue weighted by molar-refractivity contribution is -0.121.